The number of rotatable bonds is 14. The highest BCUT2D eigenvalue weighted by molar-refractivity contribution is 5.99. The van der Waals surface area contributed by atoms with Gasteiger partial charge in [0.15, 0.2) is 11.5 Å². The summed E-state index contributed by atoms with van der Waals surface area (Å²) in [6.45, 7) is 0. The van der Waals surface area contributed by atoms with Crippen molar-refractivity contribution in [3.63, 3.8) is 0 Å². The lowest BCUT2D eigenvalue weighted by atomic mass is 9.87. The molecule has 3 N–H and O–H groups in total. The van der Waals surface area contributed by atoms with E-state index in [-0.39, 0.29) is 54.0 Å². The van der Waals surface area contributed by atoms with Crippen LogP contribution in [-0.2, 0) is 22.4 Å². The minimum atomic E-state index is -0.120. The van der Waals surface area contributed by atoms with Crippen molar-refractivity contribution in [2.75, 3.05) is 7.11 Å². The van der Waals surface area contributed by atoms with E-state index in [1.165, 1.54) is 13.2 Å². The third kappa shape index (κ3) is 8.45. The van der Waals surface area contributed by atoms with Gasteiger partial charge in [-0.15, -0.1) is 0 Å². The Kier molecular flexibility index (Phi) is 9.92. The lowest BCUT2D eigenvalue weighted by molar-refractivity contribution is -0.127. The molecule has 0 spiro atoms. The van der Waals surface area contributed by atoms with Crippen LogP contribution in [0.3, 0.4) is 0 Å². The number of unbranched alkanes of at least 4 members (excludes halogenated alkanes) is 1. The molecule has 1 atom stereocenters. The SMILES string of the molecule is COc1cc(CCC(=O)CC(=O)CC(CCCCc2cccc(O)c2)c2cccc(O)c2)ccc1O. The molecular weight excluding hydrogens is 456 g/mol. The molecule has 0 aliphatic rings. The maximum absolute atomic E-state index is 12.8. The highest BCUT2D eigenvalue weighted by Gasteiger charge is 2.19. The number of phenolic OH excluding ortho intramolecular Hbond substituents is 3. The fourth-order valence-corrected chi connectivity index (χ4v) is 4.41. The normalized spacial score (nSPS) is 11.7. The number of phenols is 3. The highest BCUT2D eigenvalue weighted by Crippen LogP contribution is 2.30. The molecule has 3 aromatic carbocycles. The molecule has 0 fully saturated rings. The molecule has 6 heteroatoms. The number of aryl methyl sites for hydroxylation is 2. The molecule has 190 valence electrons. The van der Waals surface area contributed by atoms with Crippen LogP contribution in [0.2, 0.25) is 0 Å². The lowest BCUT2D eigenvalue weighted by Gasteiger charge is -2.17. The van der Waals surface area contributed by atoms with Crippen LogP contribution < -0.4 is 4.74 Å². The Morgan fingerprint density at radius 2 is 1.53 bits per heavy atom. The number of hydrogen-bond acceptors (Lipinski definition) is 6. The summed E-state index contributed by atoms with van der Waals surface area (Å²) in [5, 5.41) is 29.3. The highest BCUT2D eigenvalue weighted by atomic mass is 16.5. The Labute approximate surface area is 212 Å². The summed E-state index contributed by atoms with van der Waals surface area (Å²) in [5.74, 6) is 0.505. The third-order valence-electron chi connectivity index (χ3n) is 6.33. The van der Waals surface area contributed by atoms with Crippen molar-refractivity contribution in [3.05, 3.63) is 83.4 Å². The van der Waals surface area contributed by atoms with Crippen LogP contribution in [-0.4, -0.2) is 34.0 Å². The standard InChI is InChI=1S/C30H34O6/c1-36-30-17-22(13-15-29(30)35)12-14-27(33)20-28(34)19-23(24-9-5-11-26(32)18-24)8-3-2-6-21-7-4-10-25(31)16-21/h4-5,7,9-11,13,15-18,23,31-32,35H,2-3,6,8,12,14,19-20H2,1H3. The van der Waals surface area contributed by atoms with Gasteiger partial charge in [-0.3, -0.25) is 9.59 Å². The molecule has 0 saturated heterocycles. The number of ether oxygens (including phenoxy) is 1. The molecule has 0 bridgehead atoms. The summed E-state index contributed by atoms with van der Waals surface area (Å²) in [6.07, 6.45) is 4.20. The summed E-state index contributed by atoms with van der Waals surface area (Å²) in [5.41, 5.74) is 2.82. The van der Waals surface area contributed by atoms with Gasteiger partial charge in [-0.2, -0.15) is 0 Å². The first-order chi connectivity index (χ1) is 17.3. The number of carbonyl (C=O) groups is 2. The predicted octanol–water partition coefficient (Wildman–Crippen LogP) is 5.86. The summed E-state index contributed by atoms with van der Waals surface area (Å²) < 4.78 is 5.10. The average molecular weight is 491 g/mol. The second-order valence-electron chi connectivity index (χ2n) is 9.17. The number of hydrogen-bond donors (Lipinski definition) is 3. The zero-order chi connectivity index (χ0) is 25.9. The molecule has 3 rings (SSSR count). The molecule has 0 heterocycles. The van der Waals surface area contributed by atoms with E-state index < -0.39 is 0 Å². The number of methoxy groups -OCH3 is 1. The molecule has 0 saturated carbocycles. The molecule has 0 amide bonds. The third-order valence-corrected chi connectivity index (χ3v) is 6.33. The van der Waals surface area contributed by atoms with E-state index in [1.54, 1.807) is 42.5 Å². The van der Waals surface area contributed by atoms with E-state index in [1.807, 2.05) is 18.2 Å². The fourth-order valence-electron chi connectivity index (χ4n) is 4.41. The van der Waals surface area contributed by atoms with Gasteiger partial charge >= 0.3 is 0 Å². The molecule has 0 aliphatic carbocycles. The molecule has 0 aliphatic heterocycles. The summed E-state index contributed by atoms with van der Waals surface area (Å²) in [7, 11) is 1.47. The quantitative estimate of drug-likeness (QED) is 0.193. The van der Waals surface area contributed by atoms with Crippen molar-refractivity contribution < 1.29 is 29.6 Å². The number of aromatic hydroxyl groups is 3. The second-order valence-corrected chi connectivity index (χ2v) is 9.17. The van der Waals surface area contributed by atoms with Crippen LogP contribution in [0.5, 0.6) is 23.0 Å². The van der Waals surface area contributed by atoms with Gasteiger partial charge in [0.05, 0.1) is 13.5 Å². The van der Waals surface area contributed by atoms with Gasteiger partial charge in [0.1, 0.15) is 23.1 Å². The van der Waals surface area contributed by atoms with Crippen molar-refractivity contribution in [2.24, 2.45) is 0 Å². The van der Waals surface area contributed by atoms with Crippen molar-refractivity contribution in [3.8, 4) is 23.0 Å². The Hall–Kier alpha value is -3.80. The van der Waals surface area contributed by atoms with Crippen molar-refractivity contribution in [1.29, 1.82) is 0 Å². The number of carbonyl (C=O) groups excluding carboxylic acids is 2. The first kappa shape index (κ1) is 26.8. The number of Topliss-reactive ketones (excluding diaryl/α,β-unsaturated/α-hetero) is 2. The smallest absolute Gasteiger partial charge is 0.160 e. The summed E-state index contributed by atoms with van der Waals surface area (Å²) >= 11 is 0. The number of benzene rings is 3. The predicted molar refractivity (Wildman–Crippen MR) is 139 cm³/mol. The molecule has 0 aromatic heterocycles. The van der Waals surface area contributed by atoms with Gasteiger partial charge in [0.2, 0.25) is 0 Å². The number of ketones is 2. The van der Waals surface area contributed by atoms with Crippen molar-refractivity contribution in [1.82, 2.24) is 0 Å². The molecule has 6 nitrogen and oxygen atoms in total. The largest absolute Gasteiger partial charge is 0.508 e. The summed E-state index contributed by atoms with van der Waals surface area (Å²) in [4.78, 5) is 25.3. The maximum atomic E-state index is 12.8. The van der Waals surface area contributed by atoms with Crippen molar-refractivity contribution >= 4 is 11.6 Å². The minimum absolute atomic E-state index is 0.0441. The topological polar surface area (TPSA) is 104 Å². The van der Waals surface area contributed by atoms with Crippen LogP contribution >= 0.6 is 0 Å². The first-order valence-corrected chi connectivity index (χ1v) is 12.3. The molecular formula is C30H34O6. The zero-order valence-electron chi connectivity index (χ0n) is 20.7. The van der Waals surface area contributed by atoms with Crippen molar-refractivity contribution in [2.45, 2.75) is 57.3 Å². The molecule has 3 aromatic rings. The van der Waals surface area contributed by atoms with E-state index >= 15 is 0 Å². The van der Waals surface area contributed by atoms with Gasteiger partial charge in [-0.25, -0.2) is 0 Å². The van der Waals surface area contributed by atoms with E-state index in [0.717, 1.165) is 42.4 Å². The van der Waals surface area contributed by atoms with E-state index in [4.69, 9.17) is 4.74 Å². The minimum Gasteiger partial charge on any atom is -0.508 e. The second kappa shape index (κ2) is 13.3. The van der Waals surface area contributed by atoms with Crippen LogP contribution in [0.25, 0.3) is 0 Å². The Balaban J connectivity index is 1.53. The van der Waals surface area contributed by atoms with Gasteiger partial charge in [0, 0.05) is 12.8 Å². The van der Waals surface area contributed by atoms with Gasteiger partial charge in [0.25, 0.3) is 0 Å². The lowest BCUT2D eigenvalue weighted by Crippen LogP contribution is -2.13. The van der Waals surface area contributed by atoms with Crippen LogP contribution in [0, 0.1) is 0 Å². The molecule has 36 heavy (non-hydrogen) atoms. The average Bonchev–Trinajstić information content (AvgIpc) is 2.85. The maximum Gasteiger partial charge on any atom is 0.160 e. The van der Waals surface area contributed by atoms with Gasteiger partial charge in [-0.1, -0.05) is 36.8 Å². The Morgan fingerprint density at radius 3 is 2.25 bits per heavy atom. The summed E-state index contributed by atoms with van der Waals surface area (Å²) in [6, 6.07) is 19.2. The Morgan fingerprint density at radius 1 is 0.806 bits per heavy atom. The van der Waals surface area contributed by atoms with E-state index in [2.05, 4.69) is 0 Å². The monoisotopic (exact) mass is 490 g/mol. The van der Waals surface area contributed by atoms with Crippen LogP contribution in [0.1, 0.15) is 61.1 Å². The molecule has 0 radical (unpaired) electrons. The van der Waals surface area contributed by atoms with Gasteiger partial charge < -0.3 is 20.1 Å². The first-order valence-electron chi connectivity index (χ1n) is 12.3. The van der Waals surface area contributed by atoms with Crippen LogP contribution in [0.4, 0.5) is 0 Å². The zero-order valence-corrected chi connectivity index (χ0v) is 20.7. The molecule has 1 unspecified atom stereocenters. The van der Waals surface area contributed by atoms with E-state index in [9.17, 15) is 24.9 Å². The Bertz CT molecular complexity index is 1170. The van der Waals surface area contributed by atoms with Gasteiger partial charge in [-0.05, 0) is 84.7 Å². The van der Waals surface area contributed by atoms with E-state index in [0.29, 0.717) is 12.2 Å². The fraction of sp³-hybridized carbons (Fsp3) is 0.333. The van der Waals surface area contributed by atoms with Crippen LogP contribution in [0.15, 0.2) is 66.7 Å².